The van der Waals surface area contributed by atoms with Gasteiger partial charge in [0.15, 0.2) is 0 Å². The first kappa shape index (κ1) is 7.63. The third-order valence-electron chi connectivity index (χ3n) is 2.04. The maximum Gasteiger partial charge on any atom is 0.0904 e. The van der Waals surface area contributed by atoms with Crippen LogP contribution in [-0.4, -0.2) is 6.54 Å². The second-order valence-electron chi connectivity index (χ2n) is 2.79. The van der Waals surface area contributed by atoms with Crippen LogP contribution in [0.2, 0.25) is 0 Å². The normalized spacial score (nSPS) is 19.5. The molecule has 1 heterocycles. The van der Waals surface area contributed by atoms with Crippen molar-refractivity contribution in [3.63, 3.8) is 0 Å². The molecule has 0 aliphatic carbocycles. The average Bonchev–Trinajstić information content (AvgIpc) is 2.46. The van der Waals surface area contributed by atoms with Gasteiger partial charge in [-0.15, -0.1) is 0 Å². The number of halogens is 1. The Labute approximate surface area is 79.3 Å². The summed E-state index contributed by atoms with van der Waals surface area (Å²) in [7, 11) is 0. The largest absolute Gasteiger partial charge is 0.383 e. The Kier molecular flexibility index (Phi) is 1.78. The van der Waals surface area contributed by atoms with E-state index in [9.17, 15) is 0 Å². The molecule has 3 heteroatoms. The second-order valence-corrected chi connectivity index (χ2v) is 3.71. The van der Waals surface area contributed by atoms with Crippen LogP contribution < -0.4 is 5.32 Å². The van der Waals surface area contributed by atoms with Crippen molar-refractivity contribution in [3.8, 4) is 6.07 Å². The Balaban J connectivity index is 2.49. The lowest BCUT2D eigenvalue weighted by molar-refractivity contribution is 0.963. The molecule has 1 atom stereocenters. The lowest BCUT2D eigenvalue weighted by Gasteiger charge is -1.99. The molecule has 0 saturated heterocycles. The quantitative estimate of drug-likeness (QED) is 0.733. The van der Waals surface area contributed by atoms with E-state index in [4.69, 9.17) is 5.26 Å². The van der Waals surface area contributed by atoms with Crippen molar-refractivity contribution in [3.05, 3.63) is 28.2 Å². The van der Waals surface area contributed by atoms with Gasteiger partial charge < -0.3 is 5.32 Å². The lowest BCUT2D eigenvalue weighted by atomic mass is 10.0. The first-order valence-electron chi connectivity index (χ1n) is 3.74. The molecule has 1 N–H and O–H groups in total. The monoisotopic (exact) mass is 222 g/mol. The molecule has 1 aliphatic heterocycles. The van der Waals surface area contributed by atoms with Gasteiger partial charge in [0.1, 0.15) is 0 Å². The Hall–Kier alpha value is -1.01. The van der Waals surface area contributed by atoms with Crippen LogP contribution in [-0.2, 0) is 0 Å². The van der Waals surface area contributed by atoms with E-state index >= 15 is 0 Å². The minimum Gasteiger partial charge on any atom is -0.383 e. The number of fused-ring (bicyclic) bond motifs is 1. The number of nitrogens with zero attached hydrogens (tertiary/aromatic N) is 1. The topological polar surface area (TPSA) is 35.8 Å². The maximum atomic E-state index is 8.78. The average molecular weight is 223 g/mol. The minimum atomic E-state index is 0.0214. The van der Waals surface area contributed by atoms with E-state index in [0.29, 0.717) is 0 Å². The van der Waals surface area contributed by atoms with Crippen molar-refractivity contribution < 1.29 is 0 Å². The first-order valence-corrected chi connectivity index (χ1v) is 4.53. The molecular formula is C9H7BrN2. The number of nitriles is 1. The molecule has 0 fully saturated rings. The van der Waals surface area contributed by atoms with Crippen molar-refractivity contribution in [1.29, 1.82) is 5.26 Å². The summed E-state index contributed by atoms with van der Waals surface area (Å²) in [6, 6.07) is 8.23. The fraction of sp³-hybridized carbons (Fsp3) is 0.222. The summed E-state index contributed by atoms with van der Waals surface area (Å²) in [6.07, 6.45) is 0. The molecule has 2 nitrogen and oxygen atoms in total. The molecule has 1 aromatic rings. The molecule has 12 heavy (non-hydrogen) atoms. The van der Waals surface area contributed by atoms with Crippen molar-refractivity contribution >= 4 is 21.6 Å². The van der Waals surface area contributed by atoms with Crippen LogP contribution >= 0.6 is 15.9 Å². The lowest BCUT2D eigenvalue weighted by Crippen LogP contribution is -1.97. The smallest absolute Gasteiger partial charge is 0.0904 e. The van der Waals surface area contributed by atoms with E-state index in [-0.39, 0.29) is 5.92 Å². The molecule has 1 aromatic carbocycles. The molecule has 60 valence electrons. The number of hydrogen-bond acceptors (Lipinski definition) is 2. The van der Waals surface area contributed by atoms with E-state index in [0.717, 1.165) is 22.3 Å². The van der Waals surface area contributed by atoms with Gasteiger partial charge in [-0.3, -0.25) is 0 Å². The molecule has 2 rings (SSSR count). The van der Waals surface area contributed by atoms with E-state index in [1.165, 1.54) is 0 Å². The van der Waals surface area contributed by atoms with E-state index in [1.807, 2.05) is 18.2 Å². The van der Waals surface area contributed by atoms with Crippen molar-refractivity contribution in [1.82, 2.24) is 0 Å². The SMILES string of the molecule is N#CC1CNc2cc(Br)ccc21. The highest BCUT2D eigenvalue weighted by Gasteiger charge is 2.20. The van der Waals surface area contributed by atoms with Gasteiger partial charge in [-0.05, 0) is 17.7 Å². The van der Waals surface area contributed by atoms with E-state index in [2.05, 4.69) is 27.3 Å². The van der Waals surface area contributed by atoms with Crippen molar-refractivity contribution in [2.45, 2.75) is 5.92 Å². The van der Waals surface area contributed by atoms with Gasteiger partial charge in [-0.25, -0.2) is 0 Å². The third kappa shape index (κ3) is 1.09. The van der Waals surface area contributed by atoms with Crippen LogP contribution in [0, 0.1) is 11.3 Å². The van der Waals surface area contributed by atoms with Crippen LogP contribution in [0.5, 0.6) is 0 Å². The molecule has 0 amide bonds. The molecule has 0 bridgehead atoms. The molecule has 0 spiro atoms. The van der Waals surface area contributed by atoms with Crippen LogP contribution in [0.1, 0.15) is 11.5 Å². The number of nitrogens with one attached hydrogen (secondary N) is 1. The molecule has 1 aliphatic rings. The van der Waals surface area contributed by atoms with Crippen LogP contribution in [0.4, 0.5) is 5.69 Å². The van der Waals surface area contributed by atoms with Crippen LogP contribution in [0.25, 0.3) is 0 Å². The zero-order valence-electron chi connectivity index (χ0n) is 6.34. The number of anilines is 1. The summed E-state index contributed by atoms with van der Waals surface area (Å²) in [5.74, 6) is 0.0214. The van der Waals surface area contributed by atoms with Gasteiger partial charge >= 0.3 is 0 Å². The zero-order chi connectivity index (χ0) is 8.55. The zero-order valence-corrected chi connectivity index (χ0v) is 7.93. The maximum absolute atomic E-state index is 8.78. The minimum absolute atomic E-state index is 0.0214. The summed E-state index contributed by atoms with van der Waals surface area (Å²) in [6.45, 7) is 0.738. The van der Waals surface area contributed by atoms with E-state index < -0.39 is 0 Å². The van der Waals surface area contributed by atoms with Gasteiger partial charge in [-0.2, -0.15) is 5.26 Å². The van der Waals surface area contributed by atoms with Crippen molar-refractivity contribution in [2.75, 3.05) is 11.9 Å². The van der Waals surface area contributed by atoms with E-state index in [1.54, 1.807) is 0 Å². The van der Waals surface area contributed by atoms with Crippen molar-refractivity contribution in [2.24, 2.45) is 0 Å². The number of hydrogen-bond donors (Lipinski definition) is 1. The predicted octanol–water partition coefficient (Wildman–Crippen LogP) is 2.48. The fourth-order valence-electron chi connectivity index (χ4n) is 1.42. The standard InChI is InChI=1S/C9H7BrN2/c10-7-1-2-8-6(4-11)5-12-9(8)3-7/h1-3,6,12H,5H2. The highest BCUT2D eigenvalue weighted by atomic mass is 79.9. The third-order valence-corrected chi connectivity index (χ3v) is 2.54. The Morgan fingerprint density at radius 3 is 3.17 bits per heavy atom. The summed E-state index contributed by atoms with van der Waals surface area (Å²) in [5.41, 5.74) is 2.19. The number of rotatable bonds is 0. The second kappa shape index (κ2) is 2.80. The van der Waals surface area contributed by atoms with Crippen LogP contribution in [0.15, 0.2) is 22.7 Å². The van der Waals surface area contributed by atoms with Gasteiger partial charge in [0.05, 0.1) is 12.0 Å². The van der Waals surface area contributed by atoms with Gasteiger partial charge in [0.25, 0.3) is 0 Å². The van der Waals surface area contributed by atoms with Gasteiger partial charge in [0, 0.05) is 16.7 Å². The fourth-order valence-corrected chi connectivity index (χ4v) is 1.78. The highest BCUT2D eigenvalue weighted by molar-refractivity contribution is 9.10. The Bertz CT molecular complexity index is 354. The highest BCUT2D eigenvalue weighted by Crippen LogP contribution is 2.32. The summed E-state index contributed by atoms with van der Waals surface area (Å²) in [5, 5.41) is 12.0. The van der Waals surface area contributed by atoms with Gasteiger partial charge in [0.2, 0.25) is 0 Å². The summed E-state index contributed by atoms with van der Waals surface area (Å²) >= 11 is 3.38. The summed E-state index contributed by atoms with van der Waals surface area (Å²) < 4.78 is 1.05. The Morgan fingerprint density at radius 2 is 2.42 bits per heavy atom. The molecule has 0 radical (unpaired) electrons. The molecule has 0 saturated carbocycles. The molecule has 1 unspecified atom stereocenters. The summed E-state index contributed by atoms with van der Waals surface area (Å²) in [4.78, 5) is 0. The number of benzene rings is 1. The molecule has 0 aromatic heterocycles. The predicted molar refractivity (Wildman–Crippen MR) is 51.0 cm³/mol. The Morgan fingerprint density at radius 1 is 1.58 bits per heavy atom. The first-order chi connectivity index (χ1) is 5.81. The van der Waals surface area contributed by atoms with Crippen LogP contribution in [0.3, 0.4) is 0 Å². The van der Waals surface area contributed by atoms with Gasteiger partial charge in [-0.1, -0.05) is 22.0 Å². The molecular weight excluding hydrogens is 216 g/mol.